The molecular weight excluding hydrogens is 1520 g/mol. The van der Waals surface area contributed by atoms with Crippen molar-refractivity contribution < 1.29 is 147 Å². The Morgan fingerprint density at radius 2 is 0.816 bits per heavy atom. The zero-order chi connectivity index (χ0) is 83.2. The number of carbonyl (C=O) groups is 5. The number of aliphatic carboxylic acids is 1. The molecule has 4 amide bonds. The number of hydrogen-bond donors (Lipinski definition) is 19. The summed E-state index contributed by atoms with van der Waals surface area (Å²) in [5, 5.41) is 169. The fourth-order valence-electron chi connectivity index (χ4n) is 12.4. The number of rotatable bonds is 53. The van der Waals surface area contributed by atoms with Crippen molar-refractivity contribution >= 4 is 53.5 Å². The molecule has 2 aromatic heterocycles. The Morgan fingerprint density at radius 1 is 0.482 bits per heavy atom. The van der Waals surface area contributed by atoms with Gasteiger partial charge in [0, 0.05) is 78.7 Å². The smallest absolute Gasteiger partial charge is 0.320 e. The SMILES string of the molecule is CC(=O)N[C@H]1[C@H](OCCOCCN=CC(CN(CCCC[C@@H](C(=O)O)N(CC(C=NCCOCCO[C@@H]2O[C@H](CO)[C@H](O)[C@H](O)[C@H]2NC(C)=O)=NN)Cc2cn(CCOCCOC3O[C@H](CO)[C@H](O)[C@H](O)[C@H]3NC(C)=O)nn2)Cc2cn(CCOCCO[C@@H]3O[C@H](CO)[C@H](O)[C@H](O)[C@H]3NC(C)=O)nn2)=NN)O[C@H](CO)[C@H](O)[C@@H]1O. The second-order valence-electron chi connectivity index (χ2n) is 26.9. The van der Waals surface area contributed by atoms with Gasteiger partial charge in [0.15, 0.2) is 25.2 Å². The third-order valence-corrected chi connectivity index (χ3v) is 18.1. The van der Waals surface area contributed by atoms with Crippen LogP contribution in [0.15, 0.2) is 32.6 Å². The summed E-state index contributed by atoms with van der Waals surface area (Å²) in [6.45, 7) is 3.31. The Kier molecular flexibility index (Phi) is 42.9. The second kappa shape index (κ2) is 51.2. The number of hydrazone groups is 2. The Morgan fingerprint density at radius 3 is 1.14 bits per heavy atom. The van der Waals surface area contributed by atoms with Gasteiger partial charge in [-0.05, 0) is 19.4 Å². The van der Waals surface area contributed by atoms with Crippen LogP contribution in [0.5, 0.6) is 0 Å². The monoisotopic (exact) mass is 1640 g/mol. The molecule has 6 heterocycles. The molecule has 2 aromatic rings. The molecule has 0 aliphatic carbocycles. The number of nitrogens with zero attached hydrogens (tertiary/aromatic N) is 12. The molecule has 0 radical (unpaired) electrons. The molecular formula is C66H114N18O30. The first-order valence-corrected chi connectivity index (χ1v) is 37.1. The van der Waals surface area contributed by atoms with E-state index in [1.165, 1.54) is 44.8 Å². The van der Waals surface area contributed by atoms with Gasteiger partial charge in [-0.15, -0.1) is 10.2 Å². The summed E-state index contributed by atoms with van der Waals surface area (Å²) >= 11 is 0. The lowest BCUT2D eigenvalue weighted by molar-refractivity contribution is -0.272. The van der Waals surface area contributed by atoms with E-state index in [4.69, 9.17) is 68.5 Å². The van der Waals surface area contributed by atoms with Crippen molar-refractivity contribution in [2.75, 3.05) is 138 Å². The van der Waals surface area contributed by atoms with Gasteiger partial charge in [0.05, 0.1) is 155 Å². The quantitative estimate of drug-likeness (QED) is 0.0127. The van der Waals surface area contributed by atoms with Crippen molar-refractivity contribution in [3.8, 4) is 0 Å². The number of carbonyl (C=O) groups excluding carboxylic acids is 4. The van der Waals surface area contributed by atoms with Gasteiger partial charge < -0.3 is 156 Å². The lowest BCUT2D eigenvalue weighted by atomic mass is 9.97. The molecule has 4 aliphatic heterocycles. The number of carboxylic acid groups (broad SMARTS) is 1. The summed E-state index contributed by atoms with van der Waals surface area (Å²) in [5.74, 6) is 8.61. The number of aliphatic hydroxyl groups excluding tert-OH is 12. The lowest BCUT2D eigenvalue weighted by Crippen LogP contribution is -2.64. The minimum Gasteiger partial charge on any atom is -0.480 e. The normalized spacial score (nSPS) is 28.7. The highest BCUT2D eigenvalue weighted by molar-refractivity contribution is 6.32. The number of amides is 4. The first-order chi connectivity index (χ1) is 54.7. The van der Waals surface area contributed by atoms with E-state index in [1.807, 2.05) is 4.90 Å². The number of nitrogens with one attached hydrogen (secondary N) is 4. The van der Waals surface area contributed by atoms with E-state index < -0.39 is 185 Å². The largest absolute Gasteiger partial charge is 0.480 e. The number of hydrogen-bond acceptors (Lipinski definition) is 41. The Hall–Kier alpha value is -7.13. The first-order valence-electron chi connectivity index (χ1n) is 37.1. The highest BCUT2D eigenvalue weighted by Gasteiger charge is 2.49. The molecule has 6 rings (SSSR count). The Labute approximate surface area is 655 Å². The molecule has 21 N–H and O–H groups in total. The van der Waals surface area contributed by atoms with E-state index in [0.717, 1.165) is 0 Å². The first kappa shape index (κ1) is 95.7. The van der Waals surface area contributed by atoms with Crippen LogP contribution in [0.3, 0.4) is 0 Å². The van der Waals surface area contributed by atoms with E-state index in [-0.39, 0.29) is 144 Å². The van der Waals surface area contributed by atoms with E-state index in [2.05, 4.69) is 62.1 Å². The van der Waals surface area contributed by atoms with Gasteiger partial charge in [-0.25, -0.2) is 9.36 Å². The minimum absolute atomic E-state index is 0.00400. The number of carboxylic acids is 1. The van der Waals surface area contributed by atoms with E-state index in [0.29, 0.717) is 36.5 Å². The number of ether oxygens (including phenoxy) is 12. The van der Waals surface area contributed by atoms with Gasteiger partial charge in [0.2, 0.25) is 23.6 Å². The minimum atomic E-state index is -1.51. The van der Waals surface area contributed by atoms with Gasteiger partial charge in [-0.2, -0.15) is 10.2 Å². The average Bonchev–Trinajstić information content (AvgIpc) is 1.05. The van der Waals surface area contributed by atoms with Crippen molar-refractivity contribution in [3.63, 3.8) is 0 Å². The van der Waals surface area contributed by atoms with E-state index >= 15 is 0 Å². The highest BCUT2D eigenvalue weighted by atomic mass is 16.7. The zero-order valence-electron chi connectivity index (χ0n) is 64.0. The van der Waals surface area contributed by atoms with Gasteiger partial charge in [-0.1, -0.05) is 16.8 Å². The molecule has 114 heavy (non-hydrogen) atoms. The van der Waals surface area contributed by atoms with Gasteiger partial charge in [-0.3, -0.25) is 43.8 Å². The molecule has 648 valence electrons. The molecule has 0 spiro atoms. The van der Waals surface area contributed by atoms with E-state index in [9.17, 15) is 90.4 Å². The molecule has 21 atom stereocenters. The molecule has 0 saturated carbocycles. The average molecular weight is 1640 g/mol. The van der Waals surface area contributed by atoms with Crippen molar-refractivity contribution in [2.24, 2.45) is 31.9 Å². The van der Waals surface area contributed by atoms with Crippen LogP contribution in [-0.4, -0.2) is 427 Å². The summed E-state index contributed by atoms with van der Waals surface area (Å²) in [4.78, 5) is 73.4. The third-order valence-electron chi connectivity index (χ3n) is 18.1. The molecule has 4 saturated heterocycles. The second-order valence-corrected chi connectivity index (χ2v) is 26.9. The van der Waals surface area contributed by atoms with Gasteiger partial charge >= 0.3 is 5.97 Å². The van der Waals surface area contributed by atoms with Crippen LogP contribution in [0, 0.1) is 0 Å². The van der Waals surface area contributed by atoms with Crippen LogP contribution >= 0.6 is 0 Å². The standard InChI is InChI=1S/C66H114N18O30/c1-37(89)71-50-58(97)54(93)46(33-85)111-63(50)107-21-17-103-13-8-69-25-41(75-67)27-81(28-43-31-83(79-77-43)11-15-105-19-23-109-65-52(73-39(3)91)60(99)56(95)48(35-87)113-65)10-6-5-7-45(62(101)102)82(29-42(76-68)26-70-9-14-104-18-22-108-64-51(72-38(2)90)59(98)55(94)47(34-86)112-64)30-44-32-84(80-78-44)12-16-106-20-24-110-66-53(74-40(4)92)61(100)57(96)49(36-88)114-66/h25-26,31-32,45-61,63-66,85-88,93-100H,5-24,27-30,33-36,67-68H2,1-4H3,(H,71,89)(H,72,90)(H,73,91)(H,74,92)(H,101,102)/t45-,46+,47+,48+,49+,50+,51+,52+,53+,54-,55-,56-,57-,58+,59+,60+,61+,63+,64+,65+,66?/m0/s1. The number of nitrogens with two attached hydrogens (primary N) is 2. The molecule has 0 aromatic carbocycles. The maximum absolute atomic E-state index is 13.5. The maximum atomic E-state index is 13.5. The fourth-order valence-corrected chi connectivity index (χ4v) is 12.4. The number of aliphatic hydroxyl groups is 12. The molecule has 4 aliphatic rings. The van der Waals surface area contributed by atoms with Crippen LogP contribution in [-0.2, 0) is 107 Å². The Bertz CT molecular complexity index is 3280. The van der Waals surface area contributed by atoms with Gasteiger partial charge in [0.1, 0.15) is 103 Å². The highest BCUT2D eigenvalue weighted by Crippen LogP contribution is 2.27. The number of aliphatic imine (C=N–C) groups is 2. The van der Waals surface area contributed by atoms with Crippen molar-refractivity contribution in [1.29, 1.82) is 0 Å². The van der Waals surface area contributed by atoms with Crippen molar-refractivity contribution in [3.05, 3.63) is 23.8 Å². The van der Waals surface area contributed by atoms with E-state index in [1.54, 1.807) is 22.0 Å². The zero-order valence-corrected chi connectivity index (χ0v) is 64.0. The summed E-state index contributed by atoms with van der Waals surface area (Å²) < 4.78 is 71.2. The summed E-state index contributed by atoms with van der Waals surface area (Å²) in [6, 6.07) is -5.79. The summed E-state index contributed by atoms with van der Waals surface area (Å²) in [6.07, 6.45) is -14.7. The molecule has 0 bridgehead atoms. The number of unbranched alkanes of at least 4 members (excludes halogenated alkanes) is 1. The van der Waals surface area contributed by atoms with Crippen molar-refractivity contribution in [1.82, 2.24) is 61.1 Å². The van der Waals surface area contributed by atoms with Crippen LogP contribution in [0.4, 0.5) is 0 Å². The lowest BCUT2D eigenvalue weighted by Gasteiger charge is -2.42. The van der Waals surface area contributed by atoms with Crippen LogP contribution in [0.1, 0.15) is 58.3 Å². The van der Waals surface area contributed by atoms with Crippen LogP contribution < -0.4 is 33.0 Å². The predicted octanol–water partition coefficient (Wildman–Crippen LogP) is -11.5. The maximum Gasteiger partial charge on any atom is 0.320 e. The fraction of sp³-hybridized carbons (Fsp3) is 0.803. The predicted molar refractivity (Wildman–Crippen MR) is 390 cm³/mol. The molecule has 48 nitrogen and oxygen atoms in total. The molecule has 4 fully saturated rings. The Balaban J connectivity index is 1.10. The van der Waals surface area contributed by atoms with Crippen LogP contribution in [0.25, 0.3) is 0 Å². The van der Waals surface area contributed by atoms with Crippen LogP contribution in [0.2, 0.25) is 0 Å². The molecule has 48 heteroatoms. The number of aromatic nitrogens is 6. The summed E-state index contributed by atoms with van der Waals surface area (Å²) in [7, 11) is 0. The van der Waals surface area contributed by atoms with Crippen molar-refractivity contribution in [2.45, 2.75) is 202 Å². The summed E-state index contributed by atoms with van der Waals surface area (Å²) in [5.41, 5.74) is 1.33. The topological polar surface area (TPSA) is 677 Å². The molecule has 1 unspecified atom stereocenters. The third kappa shape index (κ3) is 31.4. The van der Waals surface area contributed by atoms with Gasteiger partial charge in [0.25, 0.3) is 0 Å².